The van der Waals surface area contributed by atoms with Gasteiger partial charge in [-0.2, -0.15) is 0 Å². The summed E-state index contributed by atoms with van der Waals surface area (Å²) in [7, 11) is 0. The minimum atomic E-state index is 0. The van der Waals surface area contributed by atoms with Crippen molar-refractivity contribution in [1.82, 2.24) is 0 Å². The molecule has 0 aromatic rings. The zero-order valence-corrected chi connectivity index (χ0v) is 9.84. The fourth-order valence-corrected chi connectivity index (χ4v) is 0.642. The third-order valence-corrected chi connectivity index (χ3v) is 1.11. The molecule has 0 N–H and O–H groups in total. The van der Waals surface area contributed by atoms with Gasteiger partial charge in [0.25, 0.3) is 0 Å². The van der Waals surface area contributed by atoms with E-state index in [1.165, 1.54) is 0 Å². The summed E-state index contributed by atoms with van der Waals surface area (Å²) in [5.41, 5.74) is 0. The van der Waals surface area contributed by atoms with E-state index < -0.39 is 0 Å². The van der Waals surface area contributed by atoms with Crippen LogP contribution in [0.3, 0.4) is 0 Å². The van der Waals surface area contributed by atoms with Crippen molar-refractivity contribution < 1.29 is 21.7 Å². The Morgan fingerprint density at radius 1 is 0.385 bits per heavy atom. The van der Waals surface area contributed by atoms with Crippen LogP contribution in [0.1, 0.15) is 0 Å². The summed E-state index contributed by atoms with van der Waals surface area (Å²) in [4.78, 5) is 0. The third kappa shape index (κ3) is 11.7. The van der Waals surface area contributed by atoms with Crippen LogP contribution in [0.2, 0.25) is 0 Å². The molecule has 68 valence electrons. The molecule has 0 unspecified atom stereocenters. The van der Waals surface area contributed by atoms with Crippen molar-refractivity contribution in [3.8, 4) is 0 Å². The summed E-state index contributed by atoms with van der Waals surface area (Å²) in [5, 5.41) is 0. The van der Waals surface area contributed by atoms with E-state index in [1.807, 2.05) is 61.4 Å². The molecule has 1 heteroatoms. The normalized spacial score (nSPS) is 13.5. The first-order valence-electron chi connectivity index (χ1n) is 3.33. The summed E-state index contributed by atoms with van der Waals surface area (Å²) in [6.45, 7) is 0. The molecule has 2 radical (unpaired) electrons. The Labute approximate surface area is 98.0 Å². The number of hydrogen-bond donors (Lipinski definition) is 0. The molecule has 0 aromatic heterocycles. The van der Waals surface area contributed by atoms with Crippen LogP contribution in [0.5, 0.6) is 0 Å². The van der Waals surface area contributed by atoms with Crippen LogP contribution in [0.25, 0.3) is 0 Å². The van der Waals surface area contributed by atoms with Crippen molar-refractivity contribution in [1.29, 1.82) is 0 Å². The average Bonchev–Trinajstić information content (AvgIpc) is 2.67. The van der Waals surface area contributed by atoms with Crippen LogP contribution in [-0.2, 0) is 21.7 Å². The van der Waals surface area contributed by atoms with E-state index in [0.29, 0.717) is 0 Å². The van der Waals surface area contributed by atoms with Crippen LogP contribution in [0.15, 0.2) is 48.6 Å². The standard InChI is InChI=1S/2C5H5.2CH3.Ti/c2*1-2-4-5-3-1;;;/h2*1-5H;2*1H3;/q;;2*-1;+2. The van der Waals surface area contributed by atoms with Gasteiger partial charge < -0.3 is 14.9 Å². The molecule has 0 saturated heterocycles. The van der Waals surface area contributed by atoms with Gasteiger partial charge >= 0.3 is 21.7 Å². The molecule has 0 bridgehead atoms. The maximum Gasteiger partial charge on any atom is 2.00 e. The molecule has 0 aromatic carbocycles. The summed E-state index contributed by atoms with van der Waals surface area (Å²) < 4.78 is 0. The predicted molar refractivity (Wildman–Crippen MR) is 58.0 cm³/mol. The van der Waals surface area contributed by atoms with Crippen LogP contribution >= 0.6 is 0 Å². The fraction of sp³-hybridized carbons (Fsp3) is 0. The topological polar surface area (TPSA) is 0 Å². The van der Waals surface area contributed by atoms with E-state index in [2.05, 4.69) is 0 Å². The first-order chi connectivity index (χ1) is 5.00. The van der Waals surface area contributed by atoms with Gasteiger partial charge in [-0.25, -0.2) is 0 Å². The van der Waals surface area contributed by atoms with E-state index in [4.69, 9.17) is 0 Å². The molecule has 0 fully saturated rings. The van der Waals surface area contributed by atoms with Crippen LogP contribution in [0, 0.1) is 27.7 Å². The van der Waals surface area contributed by atoms with Gasteiger partial charge in [0.05, 0.1) is 0 Å². The van der Waals surface area contributed by atoms with E-state index >= 15 is 0 Å². The van der Waals surface area contributed by atoms with Gasteiger partial charge in [-0.1, -0.05) is 48.6 Å². The first kappa shape index (κ1) is 18.5. The molecule has 0 aliphatic heterocycles. The molecule has 0 spiro atoms. The number of rotatable bonds is 0. The van der Waals surface area contributed by atoms with Crippen molar-refractivity contribution >= 4 is 0 Å². The number of hydrogen-bond acceptors (Lipinski definition) is 0. The maximum atomic E-state index is 2.00. The van der Waals surface area contributed by atoms with Crippen molar-refractivity contribution in [2.24, 2.45) is 0 Å². The largest absolute Gasteiger partial charge is 2.00 e. The van der Waals surface area contributed by atoms with Crippen LogP contribution in [0.4, 0.5) is 0 Å². The van der Waals surface area contributed by atoms with E-state index in [1.54, 1.807) is 0 Å². The second-order valence-corrected chi connectivity index (χ2v) is 1.92. The minimum Gasteiger partial charge on any atom is -0.358 e. The van der Waals surface area contributed by atoms with Gasteiger partial charge in [-0.3, -0.25) is 0 Å². The molecule has 13 heavy (non-hydrogen) atoms. The smallest absolute Gasteiger partial charge is 0.358 e. The molecular formula is C12H16Ti. The second-order valence-electron chi connectivity index (χ2n) is 1.92. The summed E-state index contributed by atoms with van der Waals surface area (Å²) >= 11 is 0. The van der Waals surface area contributed by atoms with Crippen molar-refractivity contribution in [3.63, 3.8) is 0 Å². The van der Waals surface area contributed by atoms with Gasteiger partial charge in [0.15, 0.2) is 0 Å². The SMILES string of the molecule is [CH3-].[CH3-].[CH]1C=CC=C1.[CH]1C=CC=C1.[Ti+2]. The van der Waals surface area contributed by atoms with Crippen molar-refractivity contribution in [3.05, 3.63) is 76.3 Å². The second kappa shape index (κ2) is 14.2. The van der Waals surface area contributed by atoms with Gasteiger partial charge in [-0.05, 0) is 0 Å². The Hall–Kier alpha value is -0.326. The quantitative estimate of drug-likeness (QED) is 0.422. The maximum absolute atomic E-state index is 2.00. The van der Waals surface area contributed by atoms with Gasteiger partial charge in [0.2, 0.25) is 0 Å². The van der Waals surface area contributed by atoms with E-state index in [-0.39, 0.29) is 36.6 Å². The van der Waals surface area contributed by atoms with Crippen LogP contribution < -0.4 is 0 Å². The first-order valence-corrected chi connectivity index (χ1v) is 3.33. The summed E-state index contributed by atoms with van der Waals surface area (Å²) in [6.07, 6.45) is 20.0. The van der Waals surface area contributed by atoms with Crippen molar-refractivity contribution in [2.75, 3.05) is 0 Å². The zero-order valence-electron chi connectivity index (χ0n) is 8.27. The van der Waals surface area contributed by atoms with Gasteiger partial charge in [0, 0.05) is 12.8 Å². The van der Waals surface area contributed by atoms with Gasteiger partial charge in [0.1, 0.15) is 0 Å². The molecule has 0 heterocycles. The Bertz CT molecular complexity index is 143. The molecule has 0 nitrogen and oxygen atoms in total. The third-order valence-electron chi connectivity index (χ3n) is 1.11. The molecule has 0 atom stereocenters. The van der Waals surface area contributed by atoms with Gasteiger partial charge in [-0.15, -0.1) is 0 Å². The molecule has 0 amide bonds. The summed E-state index contributed by atoms with van der Waals surface area (Å²) in [5.74, 6) is 0. The molecular weight excluding hydrogens is 192 g/mol. The zero-order chi connectivity index (χ0) is 7.07. The molecule has 2 aliphatic carbocycles. The average molecular weight is 208 g/mol. The monoisotopic (exact) mass is 208 g/mol. The Balaban J connectivity index is -0.000000125. The van der Waals surface area contributed by atoms with E-state index in [0.717, 1.165) is 0 Å². The molecule has 2 aliphatic rings. The van der Waals surface area contributed by atoms with Crippen LogP contribution in [-0.4, -0.2) is 0 Å². The minimum absolute atomic E-state index is 0. The Morgan fingerprint density at radius 3 is 0.692 bits per heavy atom. The fourth-order valence-electron chi connectivity index (χ4n) is 0.642. The number of allylic oxidation sites excluding steroid dienone is 8. The molecule has 0 saturated carbocycles. The predicted octanol–water partition coefficient (Wildman–Crippen LogP) is 3.53. The summed E-state index contributed by atoms with van der Waals surface area (Å²) in [6, 6.07) is 0. The van der Waals surface area contributed by atoms with Crippen molar-refractivity contribution in [2.45, 2.75) is 0 Å². The Morgan fingerprint density at radius 2 is 0.615 bits per heavy atom. The van der Waals surface area contributed by atoms with E-state index in [9.17, 15) is 0 Å². The molecule has 2 rings (SSSR count). The Kier molecular flexibility index (Phi) is 20.2.